The van der Waals surface area contributed by atoms with Crippen molar-refractivity contribution in [2.45, 2.75) is 26.9 Å². The van der Waals surface area contributed by atoms with Gasteiger partial charge in [0.25, 0.3) is 5.91 Å². The maximum atomic E-state index is 12.3. The highest BCUT2D eigenvalue weighted by Gasteiger charge is 2.24. The number of hydrogen-bond acceptors (Lipinski definition) is 5. The summed E-state index contributed by atoms with van der Waals surface area (Å²) in [7, 11) is 0. The van der Waals surface area contributed by atoms with E-state index in [2.05, 4.69) is 5.32 Å². The second-order valence-electron chi connectivity index (χ2n) is 6.05. The Bertz CT molecular complexity index is 880. The minimum atomic E-state index is -0.979. The van der Waals surface area contributed by atoms with Gasteiger partial charge in [-0.25, -0.2) is 4.79 Å². The van der Waals surface area contributed by atoms with Crippen LogP contribution in [0.1, 0.15) is 28.4 Å². The first-order valence-electron chi connectivity index (χ1n) is 8.03. The molecular formula is C19H18ClNO5. The average molecular weight is 376 g/mol. The van der Waals surface area contributed by atoms with E-state index in [9.17, 15) is 9.59 Å². The van der Waals surface area contributed by atoms with Gasteiger partial charge >= 0.3 is 5.97 Å². The SMILES string of the molecule is Cc1ccc(NC(=O)[C@H](C)OC(=O)c2cc(Cl)c3c(c2)OCO3)c(C)c1. The molecule has 0 aromatic heterocycles. The molecule has 136 valence electrons. The van der Waals surface area contributed by atoms with E-state index in [0.29, 0.717) is 17.2 Å². The van der Waals surface area contributed by atoms with Gasteiger partial charge in [0.15, 0.2) is 17.6 Å². The van der Waals surface area contributed by atoms with Gasteiger partial charge in [0.1, 0.15) is 0 Å². The normalized spacial score (nSPS) is 13.2. The molecule has 1 N–H and O–H groups in total. The van der Waals surface area contributed by atoms with Crippen molar-refractivity contribution in [2.75, 3.05) is 12.1 Å². The number of aryl methyl sites for hydroxylation is 2. The molecule has 0 unspecified atom stereocenters. The molecule has 1 atom stereocenters. The Labute approximate surface area is 156 Å². The van der Waals surface area contributed by atoms with E-state index in [-0.39, 0.29) is 17.4 Å². The topological polar surface area (TPSA) is 73.9 Å². The fraction of sp³-hybridized carbons (Fsp3) is 0.263. The molecule has 0 saturated heterocycles. The van der Waals surface area contributed by atoms with Crippen molar-refractivity contribution in [3.05, 3.63) is 52.0 Å². The van der Waals surface area contributed by atoms with Gasteiger partial charge in [-0.15, -0.1) is 0 Å². The molecule has 0 fully saturated rings. The van der Waals surface area contributed by atoms with Crippen molar-refractivity contribution in [2.24, 2.45) is 0 Å². The van der Waals surface area contributed by atoms with E-state index in [0.717, 1.165) is 11.1 Å². The summed E-state index contributed by atoms with van der Waals surface area (Å²) in [6.07, 6.45) is -0.979. The molecule has 1 aliphatic heterocycles. The van der Waals surface area contributed by atoms with Gasteiger partial charge in [0.05, 0.1) is 10.6 Å². The lowest BCUT2D eigenvalue weighted by molar-refractivity contribution is -0.123. The molecule has 1 heterocycles. The van der Waals surface area contributed by atoms with Gasteiger partial charge in [-0.2, -0.15) is 0 Å². The first-order chi connectivity index (χ1) is 12.3. The number of benzene rings is 2. The van der Waals surface area contributed by atoms with Gasteiger partial charge in [-0.05, 0) is 44.5 Å². The molecule has 1 aliphatic rings. The average Bonchev–Trinajstić information content (AvgIpc) is 3.06. The number of carbonyl (C=O) groups is 2. The van der Waals surface area contributed by atoms with Crippen molar-refractivity contribution in [1.29, 1.82) is 0 Å². The first-order valence-corrected chi connectivity index (χ1v) is 8.41. The van der Waals surface area contributed by atoms with E-state index in [1.54, 1.807) is 0 Å². The lowest BCUT2D eigenvalue weighted by atomic mass is 10.1. The highest BCUT2D eigenvalue weighted by Crippen LogP contribution is 2.39. The first kappa shape index (κ1) is 18.1. The van der Waals surface area contributed by atoms with Crippen LogP contribution in [0, 0.1) is 13.8 Å². The van der Waals surface area contributed by atoms with Gasteiger partial charge in [-0.1, -0.05) is 29.3 Å². The highest BCUT2D eigenvalue weighted by molar-refractivity contribution is 6.32. The Morgan fingerprint density at radius 1 is 1.19 bits per heavy atom. The molecule has 0 spiro atoms. The van der Waals surface area contributed by atoms with Crippen LogP contribution in [0.15, 0.2) is 30.3 Å². The predicted octanol–water partition coefficient (Wildman–Crippen LogP) is 3.87. The van der Waals surface area contributed by atoms with Crippen LogP contribution < -0.4 is 14.8 Å². The number of amides is 1. The van der Waals surface area contributed by atoms with Crippen LogP contribution in [0.25, 0.3) is 0 Å². The molecule has 2 aromatic carbocycles. The second kappa shape index (κ2) is 7.25. The molecule has 6 nitrogen and oxygen atoms in total. The van der Waals surface area contributed by atoms with E-state index in [1.807, 2.05) is 32.0 Å². The van der Waals surface area contributed by atoms with Crippen LogP contribution in [-0.2, 0) is 9.53 Å². The van der Waals surface area contributed by atoms with Gasteiger partial charge in [0.2, 0.25) is 6.79 Å². The van der Waals surface area contributed by atoms with Gasteiger partial charge in [-0.3, -0.25) is 4.79 Å². The lowest BCUT2D eigenvalue weighted by Crippen LogP contribution is -2.30. The third kappa shape index (κ3) is 3.75. The Morgan fingerprint density at radius 3 is 2.69 bits per heavy atom. The molecule has 1 amide bonds. The molecule has 0 bridgehead atoms. The summed E-state index contributed by atoms with van der Waals surface area (Å²) >= 11 is 6.06. The summed E-state index contributed by atoms with van der Waals surface area (Å²) in [6.45, 7) is 5.42. The fourth-order valence-corrected chi connectivity index (χ4v) is 2.82. The molecule has 0 saturated carbocycles. The molecule has 26 heavy (non-hydrogen) atoms. The Kier molecular flexibility index (Phi) is 5.04. The summed E-state index contributed by atoms with van der Waals surface area (Å²) in [4.78, 5) is 24.6. The minimum Gasteiger partial charge on any atom is -0.454 e. The number of hydrogen-bond donors (Lipinski definition) is 1. The number of esters is 1. The summed E-state index contributed by atoms with van der Waals surface area (Å²) in [5, 5.41) is 3.01. The summed E-state index contributed by atoms with van der Waals surface area (Å²) in [5.41, 5.74) is 2.89. The highest BCUT2D eigenvalue weighted by atomic mass is 35.5. The molecule has 0 aliphatic carbocycles. The summed E-state index contributed by atoms with van der Waals surface area (Å²) < 4.78 is 15.7. The van der Waals surface area contributed by atoms with E-state index in [1.165, 1.54) is 19.1 Å². The number of anilines is 1. The Morgan fingerprint density at radius 2 is 1.96 bits per heavy atom. The third-order valence-electron chi connectivity index (χ3n) is 3.96. The quantitative estimate of drug-likeness (QED) is 0.821. The number of carbonyl (C=O) groups excluding carboxylic acids is 2. The number of rotatable bonds is 4. The Hall–Kier alpha value is -2.73. The van der Waals surface area contributed by atoms with Crippen LogP contribution >= 0.6 is 11.6 Å². The molecule has 7 heteroatoms. The van der Waals surface area contributed by atoms with Crippen molar-refractivity contribution < 1.29 is 23.8 Å². The third-order valence-corrected chi connectivity index (χ3v) is 4.24. The van der Waals surface area contributed by atoms with E-state index in [4.69, 9.17) is 25.8 Å². The lowest BCUT2D eigenvalue weighted by Gasteiger charge is -2.15. The number of ether oxygens (including phenoxy) is 3. The zero-order valence-corrected chi connectivity index (χ0v) is 15.3. The van der Waals surface area contributed by atoms with Gasteiger partial charge < -0.3 is 19.5 Å². The molecule has 3 rings (SSSR count). The van der Waals surface area contributed by atoms with Gasteiger partial charge in [0, 0.05) is 5.69 Å². The van der Waals surface area contributed by atoms with Crippen LogP contribution in [0.5, 0.6) is 11.5 Å². The Balaban J connectivity index is 1.67. The maximum Gasteiger partial charge on any atom is 0.339 e. The second-order valence-corrected chi connectivity index (χ2v) is 6.45. The minimum absolute atomic E-state index is 0.0439. The number of halogens is 1. The van der Waals surface area contributed by atoms with Crippen molar-refractivity contribution in [1.82, 2.24) is 0 Å². The van der Waals surface area contributed by atoms with E-state index >= 15 is 0 Å². The summed E-state index contributed by atoms with van der Waals surface area (Å²) in [6, 6.07) is 8.57. The van der Waals surface area contributed by atoms with Crippen LogP contribution in [0.4, 0.5) is 5.69 Å². The zero-order valence-electron chi connectivity index (χ0n) is 14.6. The summed E-state index contributed by atoms with van der Waals surface area (Å²) in [5.74, 6) is -0.327. The standard InChI is InChI=1S/C19H18ClNO5/c1-10-4-5-15(11(2)6-10)21-18(22)12(3)26-19(23)13-7-14(20)17-16(8-13)24-9-25-17/h4-8,12H,9H2,1-3H3,(H,21,22)/t12-/m0/s1. The maximum absolute atomic E-state index is 12.3. The smallest absolute Gasteiger partial charge is 0.339 e. The number of fused-ring (bicyclic) bond motifs is 1. The van der Waals surface area contributed by atoms with Crippen LogP contribution in [-0.4, -0.2) is 24.8 Å². The monoisotopic (exact) mass is 375 g/mol. The van der Waals surface area contributed by atoms with Crippen LogP contribution in [0.2, 0.25) is 5.02 Å². The molecule has 0 radical (unpaired) electrons. The molecular weight excluding hydrogens is 358 g/mol. The van der Waals surface area contributed by atoms with Crippen molar-refractivity contribution in [3.63, 3.8) is 0 Å². The van der Waals surface area contributed by atoms with Crippen molar-refractivity contribution >= 4 is 29.2 Å². The molecule has 2 aromatic rings. The predicted molar refractivity (Wildman–Crippen MR) is 97.0 cm³/mol. The largest absolute Gasteiger partial charge is 0.454 e. The van der Waals surface area contributed by atoms with E-state index < -0.39 is 18.0 Å². The van der Waals surface area contributed by atoms with Crippen LogP contribution in [0.3, 0.4) is 0 Å². The fourth-order valence-electron chi connectivity index (χ4n) is 2.56. The zero-order chi connectivity index (χ0) is 18.8. The van der Waals surface area contributed by atoms with Crippen molar-refractivity contribution in [3.8, 4) is 11.5 Å². The number of nitrogens with one attached hydrogen (secondary N) is 1.